The monoisotopic (exact) mass is 243 g/mol. The highest BCUT2D eigenvalue weighted by Crippen LogP contribution is 2.31. The molecule has 1 aromatic carbocycles. The highest BCUT2D eigenvalue weighted by atomic mass is 15.2. The van der Waals surface area contributed by atoms with Crippen molar-refractivity contribution < 1.29 is 0 Å². The average molecular weight is 243 g/mol. The molecule has 0 radical (unpaired) electrons. The molecule has 0 amide bonds. The third-order valence-electron chi connectivity index (χ3n) is 3.07. The number of nitrogens with two attached hydrogens (primary N) is 1. The number of hydrogen-bond acceptors (Lipinski definition) is 2. The quantitative estimate of drug-likeness (QED) is 0.890. The van der Waals surface area contributed by atoms with Crippen LogP contribution in [0.15, 0.2) is 30.3 Å². The summed E-state index contributed by atoms with van der Waals surface area (Å²) in [5, 5.41) is 0. The van der Waals surface area contributed by atoms with Gasteiger partial charge in [-0.1, -0.05) is 44.2 Å². The van der Waals surface area contributed by atoms with Gasteiger partial charge < -0.3 is 10.3 Å². The molecule has 96 valence electrons. The van der Waals surface area contributed by atoms with E-state index < -0.39 is 0 Å². The van der Waals surface area contributed by atoms with Crippen LogP contribution in [0.2, 0.25) is 0 Å². The van der Waals surface area contributed by atoms with Gasteiger partial charge in [-0.2, -0.15) is 0 Å². The molecule has 18 heavy (non-hydrogen) atoms. The van der Waals surface area contributed by atoms with E-state index in [1.54, 1.807) is 0 Å². The van der Waals surface area contributed by atoms with E-state index in [0.717, 1.165) is 22.9 Å². The standard InChI is InChI=1S/C15H21N3/c1-10(2)13-14(16)18(11(3)4)15(17-13)12-8-6-5-7-9-12/h5-11H,16H2,1-4H3. The number of imidazole rings is 1. The van der Waals surface area contributed by atoms with Crippen molar-refractivity contribution in [2.45, 2.75) is 39.7 Å². The number of anilines is 1. The lowest BCUT2D eigenvalue weighted by molar-refractivity contribution is 0.613. The molecule has 0 spiro atoms. The molecule has 0 aliphatic rings. The van der Waals surface area contributed by atoms with Gasteiger partial charge in [0.05, 0.1) is 5.69 Å². The van der Waals surface area contributed by atoms with Gasteiger partial charge in [-0.25, -0.2) is 4.98 Å². The molecule has 0 fully saturated rings. The Bertz CT molecular complexity index is 524. The van der Waals surface area contributed by atoms with Gasteiger partial charge in [0.1, 0.15) is 11.6 Å². The van der Waals surface area contributed by atoms with Crippen LogP contribution in [0.1, 0.15) is 45.3 Å². The molecular weight excluding hydrogens is 222 g/mol. The molecule has 2 N–H and O–H groups in total. The largest absolute Gasteiger partial charge is 0.384 e. The number of nitrogens with zero attached hydrogens (tertiary/aromatic N) is 2. The highest BCUT2D eigenvalue weighted by molar-refractivity contribution is 5.61. The molecule has 0 atom stereocenters. The summed E-state index contributed by atoms with van der Waals surface area (Å²) < 4.78 is 2.12. The van der Waals surface area contributed by atoms with E-state index in [1.165, 1.54) is 0 Å². The van der Waals surface area contributed by atoms with Crippen LogP contribution in [0.4, 0.5) is 5.82 Å². The predicted molar refractivity (Wildman–Crippen MR) is 76.5 cm³/mol. The summed E-state index contributed by atoms with van der Waals surface area (Å²) in [5.74, 6) is 2.10. The Balaban J connectivity index is 2.63. The average Bonchev–Trinajstić information content (AvgIpc) is 2.68. The normalized spacial score (nSPS) is 11.4. The van der Waals surface area contributed by atoms with Crippen LogP contribution in [-0.4, -0.2) is 9.55 Å². The minimum atomic E-state index is 0.306. The predicted octanol–water partition coefficient (Wildman–Crippen LogP) is 3.84. The van der Waals surface area contributed by atoms with Crippen LogP contribution >= 0.6 is 0 Å². The molecule has 1 aromatic heterocycles. The van der Waals surface area contributed by atoms with Crippen LogP contribution < -0.4 is 5.73 Å². The molecule has 2 aromatic rings. The molecule has 3 nitrogen and oxygen atoms in total. The van der Waals surface area contributed by atoms with Gasteiger partial charge >= 0.3 is 0 Å². The lowest BCUT2D eigenvalue weighted by Gasteiger charge is -2.14. The third-order valence-corrected chi connectivity index (χ3v) is 3.07. The Labute approximate surface area is 109 Å². The molecule has 3 heteroatoms. The van der Waals surface area contributed by atoms with Gasteiger partial charge in [-0.05, 0) is 19.8 Å². The fraction of sp³-hybridized carbons (Fsp3) is 0.400. The number of rotatable bonds is 3. The summed E-state index contributed by atoms with van der Waals surface area (Å²) >= 11 is 0. The number of aromatic nitrogens is 2. The van der Waals surface area contributed by atoms with Crippen LogP contribution in [0, 0.1) is 0 Å². The van der Waals surface area contributed by atoms with E-state index in [4.69, 9.17) is 10.7 Å². The topological polar surface area (TPSA) is 43.8 Å². The minimum Gasteiger partial charge on any atom is -0.384 e. The van der Waals surface area contributed by atoms with Gasteiger partial charge in [0.25, 0.3) is 0 Å². The van der Waals surface area contributed by atoms with Gasteiger partial charge in [0, 0.05) is 11.6 Å². The number of benzene rings is 1. The van der Waals surface area contributed by atoms with Crippen molar-refractivity contribution in [1.29, 1.82) is 0 Å². The van der Waals surface area contributed by atoms with Crippen LogP contribution in [0.25, 0.3) is 11.4 Å². The first-order valence-electron chi connectivity index (χ1n) is 6.45. The lowest BCUT2D eigenvalue weighted by Crippen LogP contribution is -2.08. The van der Waals surface area contributed by atoms with Crippen molar-refractivity contribution in [3.63, 3.8) is 0 Å². The molecule has 1 heterocycles. The van der Waals surface area contributed by atoms with Crippen molar-refractivity contribution in [2.75, 3.05) is 5.73 Å². The van der Waals surface area contributed by atoms with E-state index in [-0.39, 0.29) is 0 Å². The number of hydrogen-bond donors (Lipinski definition) is 1. The van der Waals surface area contributed by atoms with Crippen LogP contribution in [-0.2, 0) is 0 Å². The zero-order chi connectivity index (χ0) is 13.3. The summed E-state index contributed by atoms with van der Waals surface area (Å²) in [4.78, 5) is 4.74. The summed E-state index contributed by atoms with van der Waals surface area (Å²) in [6.07, 6.45) is 0. The van der Waals surface area contributed by atoms with E-state index >= 15 is 0 Å². The lowest BCUT2D eigenvalue weighted by atomic mass is 10.1. The Morgan fingerprint density at radius 3 is 2.17 bits per heavy atom. The number of nitrogen functional groups attached to an aromatic ring is 1. The molecular formula is C15H21N3. The van der Waals surface area contributed by atoms with Crippen LogP contribution in [0.3, 0.4) is 0 Å². The molecule has 0 bridgehead atoms. The van der Waals surface area contributed by atoms with Crippen LogP contribution in [0.5, 0.6) is 0 Å². The summed E-state index contributed by atoms with van der Waals surface area (Å²) in [6.45, 7) is 8.51. The van der Waals surface area contributed by atoms with Gasteiger partial charge in [0.2, 0.25) is 0 Å². The van der Waals surface area contributed by atoms with Gasteiger partial charge in [0.15, 0.2) is 0 Å². The Hall–Kier alpha value is -1.77. The zero-order valence-corrected chi connectivity index (χ0v) is 11.5. The zero-order valence-electron chi connectivity index (χ0n) is 11.5. The minimum absolute atomic E-state index is 0.306. The molecule has 0 aliphatic carbocycles. The maximum Gasteiger partial charge on any atom is 0.142 e. The van der Waals surface area contributed by atoms with E-state index in [9.17, 15) is 0 Å². The second-order valence-corrected chi connectivity index (χ2v) is 5.19. The Morgan fingerprint density at radius 2 is 1.67 bits per heavy atom. The van der Waals surface area contributed by atoms with Gasteiger partial charge in [-0.15, -0.1) is 0 Å². The van der Waals surface area contributed by atoms with E-state index in [1.807, 2.05) is 18.2 Å². The molecule has 0 unspecified atom stereocenters. The van der Waals surface area contributed by atoms with Gasteiger partial charge in [-0.3, -0.25) is 0 Å². The highest BCUT2D eigenvalue weighted by Gasteiger charge is 2.19. The third kappa shape index (κ3) is 2.13. The molecule has 0 aliphatic heterocycles. The van der Waals surface area contributed by atoms with Crippen molar-refractivity contribution in [1.82, 2.24) is 9.55 Å². The SMILES string of the molecule is CC(C)c1nc(-c2ccccc2)n(C(C)C)c1N. The van der Waals surface area contributed by atoms with Crippen molar-refractivity contribution in [2.24, 2.45) is 0 Å². The maximum absolute atomic E-state index is 6.24. The first kappa shape index (κ1) is 12.7. The fourth-order valence-corrected chi connectivity index (χ4v) is 2.20. The second kappa shape index (κ2) is 4.84. The molecule has 0 saturated carbocycles. The fourth-order valence-electron chi connectivity index (χ4n) is 2.20. The van der Waals surface area contributed by atoms with Crippen molar-refractivity contribution in [3.8, 4) is 11.4 Å². The Kier molecular flexibility index (Phi) is 3.41. The molecule has 0 saturated heterocycles. The smallest absolute Gasteiger partial charge is 0.142 e. The summed E-state index contributed by atoms with van der Waals surface area (Å²) in [6, 6.07) is 10.5. The summed E-state index contributed by atoms with van der Waals surface area (Å²) in [5.41, 5.74) is 8.35. The Morgan fingerprint density at radius 1 is 1.06 bits per heavy atom. The first-order chi connectivity index (χ1) is 8.52. The van der Waals surface area contributed by atoms with Crippen molar-refractivity contribution in [3.05, 3.63) is 36.0 Å². The summed E-state index contributed by atoms with van der Waals surface area (Å²) in [7, 11) is 0. The first-order valence-corrected chi connectivity index (χ1v) is 6.45. The molecule has 2 rings (SSSR count). The van der Waals surface area contributed by atoms with Crippen molar-refractivity contribution >= 4 is 5.82 Å². The second-order valence-electron chi connectivity index (χ2n) is 5.19. The van der Waals surface area contributed by atoms with E-state index in [2.05, 4.69) is 44.4 Å². The maximum atomic E-state index is 6.24. The van der Waals surface area contributed by atoms with E-state index in [0.29, 0.717) is 12.0 Å².